The van der Waals surface area contributed by atoms with Crippen LogP contribution >= 0.6 is 11.3 Å². The first-order valence-corrected chi connectivity index (χ1v) is 6.38. The van der Waals surface area contributed by atoms with Crippen LogP contribution in [-0.2, 0) is 12.8 Å². The van der Waals surface area contributed by atoms with Crippen LogP contribution in [0.4, 0.5) is 10.8 Å². The van der Waals surface area contributed by atoms with Gasteiger partial charge >= 0.3 is 0 Å². The van der Waals surface area contributed by atoms with E-state index < -0.39 is 0 Å². The van der Waals surface area contributed by atoms with Crippen LogP contribution in [-0.4, -0.2) is 24.1 Å². The van der Waals surface area contributed by atoms with E-state index in [1.54, 1.807) is 11.3 Å². The first-order chi connectivity index (χ1) is 8.31. The maximum atomic E-state index is 4.36. The van der Waals surface area contributed by atoms with Crippen LogP contribution < -0.4 is 10.6 Å². The van der Waals surface area contributed by atoms with Crippen LogP contribution in [0.25, 0.3) is 0 Å². The molecule has 0 saturated heterocycles. The highest BCUT2D eigenvalue weighted by molar-refractivity contribution is 7.15. The van der Waals surface area contributed by atoms with Gasteiger partial charge < -0.3 is 10.6 Å². The average Bonchev–Trinajstić information content (AvgIpc) is 2.84. The Hall–Kier alpha value is -1.62. The van der Waals surface area contributed by atoms with Gasteiger partial charge in [-0.1, -0.05) is 0 Å². The maximum Gasteiger partial charge on any atom is 0.182 e. The molecule has 2 N–H and O–H groups in total. The van der Waals surface area contributed by atoms with Gasteiger partial charge in [0.15, 0.2) is 5.13 Å². The van der Waals surface area contributed by atoms with Gasteiger partial charge in [-0.2, -0.15) is 0 Å². The van der Waals surface area contributed by atoms with Crippen molar-refractivity contribution in [3.05, 3.63) is 35.1 Å². The molecule has 2 aromatic rings. The Bertz CT molecular complexity index is 481. The van der Waals surface area contributed by atoms with E-state index in [-0.39, 0.29) is 0 Å². The van der Waals surface area contributed by atoms with Gasteiger partial charge in [0.25, 0.3) is 0 Å². The van der Waals surface area contributed by atoms with Gasteiger partial charge in [-0.05, 0) is 25.0 Å². The third-order valence-electron chi connectivity index (χ3n) is 2.50. The van der Waals surface area contributed by atoms with Crippen molar-refractivity contribution in [1.29, 1.82) is 0 Å². The van der Waals surface area contributed by atoms with Crippen molar-refractivity contribution in [3.63, 3.8) is 0 Å². The van der Waals surface area contributed by atoms with Crippen molar-refractivity contribution in [2.45, 2.75) is 12.8 Å². The quantitative estimate of drug-likeness (QED) is 0.853. The minimum Gasteiger partial charge on any atom is -0.388 e. The molecule has 0 atom stereocenters. The fourth-order valence-electron chi connectivity index (χ4n) is 1.56. The van der Waals surface area contributed by atoms with Crippen LogP contribution in [0.5, 0.6) is 0 Å². The topological polar surface area (TPSA) is 49.8 Å². The Morgan fingerprint density at radius 3 is 2.76 bits per heavy atom. The molecule has 0 aliphatic carbocycles. The van der Waals surface area contributed by atoms with Gasteiger partial charge in [-0.3, -0.25) is 4.98 Å². The number of rotatable bonds is 5. The van der Waals surface area contributed by atoms with Crippen molar-refractivity contribution in [2.24, 2.45) is 0 Å². The highest BCUT2D eigenvalue weighted by Crippen LogP contribution is 2.19. The fraction of sp³-hybridized carbons (Fsp3) is 0.333. The van der Waals surface area contributed by atoms with Crippen molar-refractivity contribution in [2.75, 3.05) is 24.7 Å². The maximum absolute atomic E-state index is 4.36. The van der Waals surface area contributed by atoms with Crippen molar-refractivity contribution in [3.8, 4) is 0 Å². The molecule has 0 unspecified atom stereocenters. The summed E-state index contributed by atoms with van der Waals surface area (Å²) in [4.78, 5) is 9.90. The molecular formula is C12H16N4S. The van der Waals surface area contributed by atoms with Crippen molar-refractivity contribution < 1.29 is 0 Å². The van der Waals surface area contributed by atoms with Crippen LogP contribution in [0.15, 0.2) is 24.5 Å². The number of anilines is 2. The molecule has 4 nitrogen and oxygen atoms in total. The summed E-state index contributed by atoms with van der Waals surface area (Å²) >= 11 is 1.70. The highest BCUT2D eigenvalue weighted by Gasteiger charge is 2.02. The lowest BCUT2D eigenvalue weighted by Crippen LogP contribution is -1.95. The van der Waals surface area contributed by atoms with E-state index in [1.807, 2.05) is 32.6 Å². The van der Waals surface area contributed by atoms with Gasteiger partial charge in [-0.15, -0.1) is 11.3 Å². The second-order valence-electron chi connectivity index (χ2n) is 3.67. The zero-order valence-electron chi connectivity index (χ0n) is 10.0. The van der Waals surface area contributed by atoms with Crippen LogP contribution in [0, 0.1) is 0 Å². The molecule has 90 valence electrons. The Morgan fingerprint density at radius 1 is 1.18 bits per heavy atom. The summed E-state index contributed by atoms with van der Waals surface area (Å²) in [5.41, 5.74) is 2.21. The number of nitrogens with zero attached hydrogens (tertiary/aromatic N) is 2. The molecule has 2 heterocycles. The van der Waals surface area contributed by atoms with Gasteiger partial charge in [0.05, 0.1) is 0 Å². The van der Waals surface area contributed by atoms with Gasteiger partial charge in [0.1, 0.15) is 0 Å². The van der Waals surface area contributed by atoms with E-state index >= 15 is 0 Å². The summed E-state index contributed by atoms with van der Waals surface area (Å²) < 4.78 is 0. The van der Waals surface area contributed by atoms with Crippen LogP contribution in [0.2, 0.25) is 0 Å². The number of nitrogens with one attached hydrogen (secondary N) is 2. The van der Waals surface area contributed by atoms with E-state index in [2.05, 4.69) is 26.7 Å². The molecular weight excluding hydrogens is 232 g/mol. The number of aryl methyl sites for hydroxylation is 2. The standard InChI is InChI=1S/C12H16N4S/c1-13-9-5-6-15-10(7-9)3-4-11-8-16-12(14-2)17-11/h5-8H,3-4H2,1-2H3,(H,13,15)(H,14,16). The lowest BCUT2D eigenvalue weighted by Gasteiger charge is -2.02. The molecule has 5 heteroatoms. The molecule has 0 radical (unpaired) electrons. The third kappa shape index (κ3) is 3.17. The molecule has 0 aliphatic rings. The lowest BCUT2D eigenvalue weighted by atomic mass is 10.2. The smallest absolute Gasteiger partial charge is 0.182 e. The van der Waals surface area contributed by atoms with Gasteiger partial charge in [0, 0.05) is 42.7 Å². The van der Waals surface area contributed by atoms with Crippen molar-refractivity contribution >= 4 is 22.2 Å². The molecule has 2 aromatic heterocycles. The minimum absolute atomic E-state index is 0.945. The molecule has 0 spiro atoms. The SMILES string of the molecule is CNc1ccnc(CCc2cnc(NC)s2)c1. The van der Waals surface area contributed by atoms with Gasteiger partial charge in [0.2, 0.25) is 0 Å². The predicted molar refractivity (Wildman–Crippen MR) is 72.9 cm³/mol. The molecule has 0 aromatic carbocycles. The largest absolute Gasteiger partial charge is 0.388 e. The summed E-state index contributed by atoms with van der Waals surface area (Å²) in [5, 5.41) is 7.13. The van der Waals surface area contributed by atoms with E-state index in [0.29, 0.717) is 0 Å². The Kier molecular flexibility index (Phi) is 3.93. The summed E-state index contributed by atoms with van der Waals surface area (Å²) in [7, 11) is 3.81. The van der Waals surface area contributed by atoms with Crippen LogP contribution in [0.1, 0.15) is 10.6 Å². The monoisotopic (exact) mass is 248 g/mol. The molecule has 0 fully saturated rings. The second kappa shape index (κ2) is 5.63. The molecule has 17 heavy (non-hydrogen) atoms. The highest BCUT2D eigenvalue weighted by atomic mass is 32.1. The number of aromatic nitrogens is 2. The average molecular weight is 248 g/mol. The first kappa shape index (κ1) is 11.9. The fourth-order valence-corrected chi connectivity index (χ4v) is 2.33. The van der Waals surface area contributed by atoms with Gasteiger partial charge in [-0.25, -0.2) is 4.98 Å². The Morgan fingerprint density at radius 2 is 2.06 bits per heavy atom. The van der Waals surface area contributed by atoms with Crippen LogP contribution in [0.3, 0.4) is 0 Å². The summed E-state index contributed by atoms with van der Waals surface area (Å²) in [6, 6.07) is 4.05. The molecule has 0 saturated carbocycles. The molecule has 0 bridgehead atoms. The second-order valence-corrected chi connectivity index (χ2v) is 4.78. The molecule has 0 aliphatic heterocycles. The summed E-state index contributed by atoms with van der Waals surface area (Å²) in [6.45, 7) is 0. The normalized spacial score (nSPS) is 10.2. The van der Waals surface area contributed by atoms with E-state index in [4.69, 9.17) is 0 Å². The number of hydrogen-bond acceptors (Lipinski definition) is 5. The summed E-state index contributed by atoms with van der Waals surface area (Å²) in [5.74, 6) is 0. The summed E-state index contributed by atoms with van der Waals surface area (Å²) in [6.07, 6.45) is 5.70. The van der Waals surface area contributed by atoms with E-state index in [0.717, 1.165) is 29.4 Å². The Balaban J connectivity index is 1.96. The zero-order valence-corrected chi connectivity index (χ0v) is 10.8. The van der Waals surface area contributed by atoms with Crippen molar-refractivity contribution in [1.82, 2.24) is 9.97 Å². The predicted octanol–water partition coefficient (Wildman–Crippen LogP) is 2.41. The minimum atomic E-state index is 0.945. The lowest BCUT2D eigenvalue weighted by molar-refractivity contribution is 0.926. The zero-order chi connectivity index (χ0) is 12.1. The van der Waals surface area contributed by atoms with E-state index in [1.165, 1.54) is 4.88 Å². The Labute approximate surface area is 105 Å². The third-order valence-corrected chi connectivity index (χ3v) is 3.57. The molecule has 2 rings (SSSR count). The number of thiazole rings is 1. The number of hydrogen-bond donors (Lipinski definition) is 2. The van der Waals surface area contributed by atoms with E-state index in [9.17, 15) is 0 Å². The first-order valence-electron chi connectivity index (χ1n) is 5.57. The number of pyridine rings is 1. The molecule has 0 amide bonds.